The standard InChI is InChI=1S/C13H9N3O5/c17-13-7-11(16(20)21)4-5-12(13)14-8-9-2-1-3-10(6-9)15(18)19/h1-8,17H. The second-order valence-electron chi connectivity index (χ2n) is 4.04. The maximum atomic E-state index is 10.6. The lowest BCUT2D eigenvalue weighted by molar-refractivity contribution is -0.385. The van der Waals surface area contributed by atoms with Gasteiger partial charge >= 0.3 is 0 Å². The summed E-state index contributed by atoms with van der Waals surface area (Å²) >= 11 is 0. The molecule has 106 valence electrons. The summed E-state index contributed by atoms with van der Waals surface area (Å²) in [6.45, 7) is 0. The molecule has 0 aliphatic heterocycles. The highest BCUT2D eigenvalue weighted by atomic mass is 16.6. The van der Waals surface area contributed by atoms with E-state index in [9.17, 15) is 25.3 Å². The molecule has 0 unspecified atom stereocenters. The molecular weight excluding hydrogens is 278 g/mol. The first-order chi connectivity index (χ1) is 9.97. The van der Waals surface area contributed by atoms with E-state index in [1.807, 2.05) is 0 Å². The number of benzene rings is 2. The van der Waals surface area contributed by atoms with E-state index in [0.29, 0.717) is 5.56 Å². The average Bonchev–Trinajstić information content (AvgIpc) is 2.46. The van der Waals surface area contributed by atoms with E-state index >= 15 is 0 Å². The number of aliphatic imine (C=N–C) groups is 1. The van der Waals surface area contributed by atoms with Crippen molar-refractivity contribution in [1.82, 2.24) is 0 Å². The van der Waals surface area contributed by atoms with Gasteiger partial charge in [0.05, 0.1) is 15.9 Å². The van der Waals surface area contributed by atoms with Crippen molar-refractivity contribution in [2.24, 2.45) is 4.99 Å². The van der Waals surface area contributed by atoms with E-state index in [2.05, 4.69) is 4.99 Å². The van der Waals surface area contributed by atoms with E-state index in [4.69, 9.17) is 0 Å². The summed E-state index contributed by atoms with van der Waals surface area (Å²) in [6, 6.07) is 9.28. The lowest BCUT2D eigenvalue weighted by atomic mass is 10.2. The Morgan fingerprint density at radius 1 is 1.00 bits per heavy atom. The van der Waals surface area contributed by atoms with Crippen molar-refractivity contribution in [3.63, 3.8) is 0 Å². The maximum absolute atomic E-state index is 10.6. The third kappa shape index (κ3) is 3.38. The van der Waals surface area contributed by atoms with Crippen LogP contribution >= 0.6 is 0 Å². The minimum absolute atomic E-state index is 0.0770. The Labute approximate surface area is 118 Å². The number of phenols is 1. The van der Waals surface area contributed by atoms with Gasteiger partial charge in [-0.3, -0.25) is 25.2 Å². The molecule has 21 heavy (non-hydrogen) atoms. The average molecular weight is 287 g/mol. The molecule has 0 saturated carbocycles. The Morgan fingerprint density at radius 2 is 1.67 bits per heavy atom. The highest BCUT2D eigenvalue weighted by molar-refractivity contribution is 5.83. The molecule has 0 aliphatic rings. The zero-order valence-corrected chi connectivity index (χ0v) is 10.5. The molecule has 0 bridgehead atoms. The van der Waals surface area contributed by atoms with Crippen LogP contribution in [0.5, 0.6) is 5.75 Å². The van der Waals surface area contributed by atoms with Crippen LogP contribution in [0.25, 0.3) is 0 Å². The Morgan fingerprint density at radius 3 is 2.29 bits per heavy atom. The molecule has 0 aliphatic carbocycles. The van der Waals surface area contributed by atoms with Gasteiger partial charge in [0.2, 0.25) is 0 Å². The van der Waals surface area contributed by atoms with Crippen LogP contribution in [0.1, 0.15) is 5.56 Å². The van der Waals surface area contributed by atoms with Crippen molar-refractivity contribution in [3.8, 4) is 5.75 Å². The number of hydrogen-bond acceptors (Lipinski definition) is 6. The van der Waals surface area contributed by atoms with Gasteiger partial charge in [-0.15, -0.1) is 0 Å². The summed E-state index contributed by atoms with van der Waals surface area (Å²) in [5.41, 5.74) is 0.280. The third-order valence-corrected chi connectivity index (χ3v) is 2.60. The highest BCUT2D eigenvalue weighted by Crippen LogP contribution is 2.30. The van der Waals surface area contributed by atoms with Crippen molar-refractivity contribution in [3.05, 3.63) is 68.3 Å². The maximum Gasteiger partial charge on any atom is 0.273 e. The molecule has 2 aromatic carbocycles. The largest absolute Gasteiger partial charge is 0.505 e. The number of nitro groups is 2. The zero-order chi connectivity index (χ0) is 15.4. The van der Waals surface area contributed by atoms with E-state index in [0.717, 1.165) is 6.07 Å². The van der Waals surface area contributed by atoms with Crippen LogP contribution in [0.4, 0.5) is 17.1 Å². The molecule has 0 aromatic heterocycles. The number of non-ortho nitro benzene ring substituents is 2. The Kier molecular flexibility index (Phi) is 3.89. The van der Waals surface area contributed by atoms with Crippen LogP contribution < -0.4 is 0 Å². The third-order valence-electron chi connectivity index (χ3n) is 2.60. The molecule has 2 aromatic rings. The van der Waals surface area contributed by atoms with E-state index < -0.39 is 9.85 Å². The molecule has 0 heterocycles. The minimum Gasteiger partial charge on any atom is -0.505 e. The molecule has 8 heteroatoms. The first-order valence-electron chi connectivity index (χ1n) is 5.73. The smallest absolute Gasteiger partial charge is 0.273 e. The van der Waals surface area contributed by atoms with Crippen LogP contribution in [0, 0.1) is 20.2 Å². The van der Waals surface area contributed by atoms with Crippen molar-refractivity contribution in [1.29, 1.82) is 0 Å². The van der Waals surface area contributed by atoms with Gasteiger partial charge in [-0.2, -0.15) is 0 Å². The topological polar surface area (TPSA) is 119 Å². The van der Waals surface area contributed by atoms with Gasteiger partial charge in [0.25, 0.3) is 11.4 Å². The van der Waals surface area contributed by atoms with E-state index in [1.165, 1.54) is 36.5 Å². The molecule has 2 rings (SSSR count). The molecular formula is C13H9N3O5. The number of nitro benzene ring substituents is 2. The van der Waals surface area contributed by atoms with E-state index in [1.54, 1.807) is 6.07 Å². The summed E-state index contributed by atoms with van der Waals surface area (Å²) in [4.78, 5) is 24.0. The van der Waals surface area contributed by atoms with Gasteiger partial charge in [-0.05, 0) is 11.6 Å². The lowest BCUT2D eigenvalue weighted by Crippen LogP contribution is -1.89. The fourth-order valence-corrected chi connectivity index (χ4v) is 1.60. The van der Waals surface area contributed by atoms with Crippen LogP contribution in [0.2, 0.25) is 0 Å². The molecule has 1 N–H and O–H groups in total. The van der Waals surface area contributed by atoms with Crippen LogP contribution in [0.15, 0.2) is 47.5 Å². The van der Waals surface area contributed by atoms with Gasteiger partial charge in [0, 0.05) is 24.4 Å². The molecule has 0 saturated heterocycles. The van der Waals surface area contributed by atoms with Gasteiger partial charge in [0.1, 0.15) is 11.4 Å². The predicted octanol–water partition coefficient (Wildman–Crippen LogP) is 2.96. The van der Waals surface area contributed by atoms with Gasteiger partial charge < -0.3 is 5.11 Å². The Bertz CT molecular complexity index is 742. The minimum atomic E-state index is -0.631. The number of hydrogen-bond donors (Lipinski definition) is 1. The van der Waals surface area contributed by atoms with Crippen LogP contribution in [-0.4, -0.2) is 21.2 Å². The quantitative estimate of drug-likeness (QED) is 0.526. The van der Waals surface area contributed by atoms with Crippen LogP contribution in [0.3, 0.4) is 0 Å². The Hall–Kier alpha value is -3.29. The number of phenolic OH excluding ortho intramolecular Hbond substituents is 1. The van der Waals surface area contributed by atoms with Gasteiger partial charge in [-0.25, -0.2) is 0 Å². The fraction of sp³-hybridized carbons (Fsp3) is 0. The van der Waals surface area contributed by atoms with Crippen molar-refractivity contribution >= 4 is 23.3 Å². The fourth-order valence-electron chi connectivity index (χ4n) is 1.60. The van der Waals surface area contributed by atoms with Gasteiger partial charge in [-0.1, -0.05) is 12.1 Å². The second kappa shape index (κ2) is 5.78. The molecule has 0 spiro atoms. The molecule has 8 nitrogen and oxygen atoms in total. The first kappa shape index (κ1) is 14.1. The van der Waals surface area contributed by atoms with E-state index in [-0.39, 0.29) is 22.8 Å². The van der Waals surface area contributed by atoms with Crippen molar-refractivity contribution in [2.45, 2.75) is 0 Å². The number of aromatic hydroxyl groups is 1. The molecule has 0 atom stereocenters. The molecule has 0 radical (unpaired) electrons. The monoisotopic (exact) mass is 287 g/mol. The SMILES string of the molecule is O=[N+]([O-])c1cccc(C=Nc2ccc([N+](=O)[O-])cc2O)c1. The van der Waals surface area contributed by atoms with Crippen molar-refractivity contribution < 1.29 is 15.0 Å². The van der Waals surface area contributed by atoms with Gasteiger partial charge in [0.15, 0.2) is 0 Å². The van der Waals surface area contributed by atoms with Crippen molar-refractivity contribution in [2.75, 3.05) is 0 Å². The van der Waals surface area contributed by atoms with Crippen LogP contribution in [-0.2, 0) is 0 Å². The summed E-state index contributed by atoms with van der Waals surface area (Å²) in [5.74, 6) is -0.342. The second-order valence-corrected chi connectivity index (χ2v) is 4.04. The number of rotatable bonds is 4. The normalized spacial score (nSPS) is 10.7. The lowest BCUT2D eigenvalue weighted by Gasteiger charge is -1.99. The first-order valence-corrected chi connectivity index (χ1v) is 5.73. The summed E-state index contributed by atoms with van der Waals surface area (Å²) < 4.78 is 0. The Balaban J connectivity index is 2.27. The summed E-state index contributed by atoms with van der Waals surface area (Å²) in [7, 11) is 0. The zero-order valence-electron chi connectivity index (χ0n) is 10.5. The number of nitrogens with zero attached hydrogens (tertiary/aromatic N) is 3. The molecule has 0 amide bonds. The predicted molar refractivity (Wildman–Crippen MR) is 75.1 cm³/mol. The summed E-state index contributed by atoms with van der Waals surface area (Å²) in [5, 5.41) is 30.8. The highest BCUT2D eigenvalue weighted by Gasteiger charge is 2.09. The molecule has 0 fully saturated rings. The summed E-state index contributed by atoms with van der Waals surface area (Å²) in [6.07, 6.45) is 1.33.